The van der Waals surface area contributed by atoms with Crippen molar-refractivity contribution in [3.63, 3.8) is 0 Å². The van der Waals surface area contributed by atoms with E-state index in [9.17, 15) is 4.79 Å². The number of carbonyl (C=O) groups is 1. The maximum Gasteiger partial charge on any atom is 0.252 e. The molecule has 0 saturated carbocycles. The van der Waals surface area contributed by atoms with E-state index in [0.717, 1.165) is 0 Å². The lowest BCUT2D eigenvalue weighted by Crippen LogP contribution is -2.30. The van der Waals surface area contributed by atoms with E-state index in [2.05, 4.69) is 10.6 Å². The molecule has 1 rings (SSSR count). The van der Waals surface area contributed by atoms with Gasteiger partial charge in [-0.15, -0.1) is 12.4 Å². The summed E-state index contributed by atoms with van der Waals surface area (Å²) in [6.07, 6.45) is 0. The molecule has 0 fully saturated rings. The van der Waals surface area contributed by atoms with Crippen LogP contribution in [-0.4, -0.2) is 26.0 Å². The number of halogens is 3. The highest BCUT2D eigenvalue weighted by atomic mass is 35.5. The quantitative estimate of drug-likeness (QED) is 0.833. The van der Waals surface area contributed by atoms with Crippen molar-refractivity contribution in [3.8, 4) is 0 Å². The maximum absolute atomic E-state index is 11.6. The lowest BCUT2D eigenvalue weighted by molar-refractivity contribution is 0.0954. The number of carbonyl (C=O) groups excluding carboxylic acids is 1. The Balaban J connectivity index is 0.00000225. The summed E-state index contributed by atoms with van der Waals surface area (Å²) in [4.78, 5) is 11.6. The number of hydrogen-bond acceptors (Lipinski definition) is 2. The fraction of sp³-hybridized carbons (Fsp3) is 0.300. The minimum absolute atomic E-state index is 0. The summed E-state index contributed by atoms with van der Waals surface area (Å²) >= 11 is 11.7. The van der Waals surface area contributed by atoms with E-state index in [-0.39, 0.29) is 18.3 Å². The molecular formula is C10H13Cl3N2O. The van der Waals surface area contributed by atoms with E-state index in [4.69, 9.17) is 23.2 Å². The predicted molar refractivity (Wildman–Crippen MR) is 70.0 cm³/mol. The van der Waals surface area contributed by atoms with Crippen molar-refractivity contribution >= 4 is 41.5 Å². The summed E-state index contributed by atoms with van der Waals surface area (Å²) in [5, 5.41) is 6.33. The molecule has 0 aliphatic carbocycles. The Hall–Kier alpha value is -0.480. The standard InChI is InChI=1S/C10H12Cl2N2O.ClH/c1-13-5-6-14-10(15)7-3-2-4-8(11)9(7)12;/h2-4,13H,5-6H2,1H3,(H,14,15);1H. The van der Waals surface area contributed by atoms with Gasteiger partial charge in [0.1, 0.15) is 0 Å². The van der Waals surface area contributed by atoms with E-state index in [1.165, 1.54) is 0 Å². The molecule has 0 atom stereocenters. The molecule has 0 radical (unpaired) electrons. The molecule has 1 aromatic carbocycles. The van der Waals surface area contributed by atoms with Crippen molar-refractivity contribution in [2.45, 2.75) is 0 Å². The first-order chi connectivity index (χ1) is 7.16. The fourth-order valence-electron chi connectivity index (χ4n) is 1.08. The molecule has 0 saturated heterocycles. The van der Waals surface area contributed by atoms with Gasteiger partial charge in [-0.3, -0.25) is 4.79 Å². The highest BCUT2D eigenvalue weighted by molar-refractivity contribution is 6.43. The molecule has 16 heavy (non-hydrogen) atoms. The predicted octanol–water partition coefficient (Wildman–Crippen LogP) is 2.36. The maximum atomic E-state index is 11.6. The average molecular weight is 284 g/mol. The van der Waals surface area contributed by atoms with Gasteiger partial charge in [-0.1, -0.05) is 29.3 Å². The smallest absolute Gasteiger partial charge is 0.252 e. The number of likely N-dealkylation sites (N-methyl/N-ethyl adjacent to an activating group) is 1. The molecule has 0 heterocycles. The summed E-state index contributed by atoms with van der Waals surface area (Å²) in [5.74, 6) is -0.210. The van der Waals surface area contributed by atoms with E-state index in [1.54, 1.807) is 18.2 Å². The van der Waals surface area contributed by atoms with Gasteiger partial charge in [-0.05, 0) is 19.2 Å². The largest absolute Gasteiger partial charge is 0.351 e. The molecule has 0 unspecified atom stereocenters. The first kappa shape index (κ1) is 15.5. The summed E-state index contributed by atoms with van der Waals surface area (Å²) in [5.41, 5.74) is 0.403. The van der Waals surface area contributed by atoms with Gasteiger partial charge in [-0.25, -0.2) is 0 Å². The van der Waals surface area contributed by atoms with Crippen LogP contribution in [0.25, 0.3) is 0 Å². The van der Waals surface area contributed by atoms with Crippen LogP contribution < -0.4 is 10.6 Å². The first-order valence-corrected chi connectivity index (χ1v) is 5.29. The third-order valence-electron chi connectivity index (χ3n) is 1.86. The molecule has 3 nitrogen and oxygen atoms in total. The van der Waals surface area contributed by atoms with Crippen LogP contribution in [0.4, 0.5) is 0 Å². The SMILES string of the molecule is CNCCNC(=O)c1cccc(Cl)c1Cl.Cl. The number of nitrogens with one attached hydrogen (secondary N) is 2. The van der Waals surface area contributed by atoms with Crippen molar-refractivity contribution in [2.24, 2.45) is 0 Å². The van der Waals surface area contributed by atoms with Crippen LogP contribution in [0.15, 0.2) is 18.2 Å². The molecule has 2 N–H and O–H groups in total. The van der Waals surface area contributed by atoms with E-state index in [1.807, 2.05) is 7.05 Å². The minimum atomic E-state index is -0.210. The minimum Gasteiger partial charge on any atom is -0.351 e. The third kappa shape index (κ3) is 4.18. The van der Waals surface area contributed by atoms with Gasteiger partial charge in [0, 0.05) is 13.1 Å². The van der Waals surface area contributed by atoms with Crippen LogP contribution in [0.2, 0.25) is 10.0 Å². The van der Waals surface area contributed by atoms with Crippen LogP contribution in [0.1, 0.15) is 10.4 Å². The van der Waals surface area contributed by atoms with Gasteiger partial charge < -0.3 is 10.6 Å². The molecule has 0 aliphatic rings. The first-order valence-electron chi connectivity index (χ1n) is 4.53. The topological polar surface area (TPSA) is 41.1 Å². The summed E-state index contributed by atoms with van der Waals surface area (Å²) < 4.78 is 0. The average Bonchev–Trinajstić information content (AvgIpc) is 2.22. The fourth-order valence-corrected chi connectivity index (χ4v) is 1.46. The van der Waals surface area contributed by atoms with Crippen molar-refractivity contribution in [1.29, 1.82) is 0 Å². The van der Waals surface area contributed by atoms with Gasteiger partial charge in [0.15, 0.2) is 0 Å². The Kier molecular flexibility index (Phi) is 7.51. The Bertz CT molecular complexity index is 358. The zero-order chi connectivity index (χ0) is 11.3. The van der Waals surface area contributed by atoms with Crippen molar-refractivity contribution in [3.05, 3.63) is 33.8 Å². The van der Waals surface area contributed by atoms with Gasteiger partial charge in [0.05, 0.1) is 15.6 Å². The number of hydrogen-bond donors (Lipinski definition) is 2. The van der Waals surface area contributed by atoms with E-state index < -0.39 is 0 Å². The highest BCUT2D eigenvalue weighted by Crippen LogP contribution is 2.25. The lowest BCUT2D eigenvalue weighted by Gasteiger charge is -2.06. The Morgan fingerprint density at radius 1 is 1.31 bits per heavy atom. The molecule has 0 aliphatic heterocycles. The summed E-state index contributed by atoms with van der Waals surface area (Å²) in [7, 11) is 1.82. The van der Waals surface area contributed by atoms with Crippen molar-refractivity contribution < 1.29 is 4.79 Å². The van der Waals surface area contributed by atoms with Gasteiger partial charge in [0.2, 0.25) is 0 Å². The molecule has 0 bridgehead atoms. The third-order valence-corrected chi connectivity index (χ3v) is 2.68. The van der Waals surface area contributed by atoms with Crippen LogP contribution in [-0.2, 0) is 0 Å². The van der Waals surface area contributed by atoms with Crippen molar-refractivity contribution in [2.75, 3.05) is 20.1 Å². The number of rotatable bonds is 4. The molecule has 0 aromatic heterocycles. The summed E-state index contributed by atoms with van der Waals surface area (Å²) in [6, 6.07) is 4.98. The van der Waals surface area contributed by atoms with Crippen LogP contribution in [0.5, 0.6) is 0 Å². The Labute approximate surface area is 111 Å². The summed E-state index contributed by atoms with van der Waals surface area (Å²) in [6.45, 7) is 1.27. The van der Waals surface area contributed by atoms with Crippen LogP contribution >= 0.6 is 35.6 Å². The zero-order valence-corrected chi connectivity index (χ0v) is 11.0. The van der Waals surface area contributed by atoms with Gasteiger partial charge >= 0.3 is 0 Å². The molecule has 6 heteroatoms. The number of amides is 1. The Morgan fingerprint density at radius 3 is 2.62 bits per heavy atom. The van der Waals surface area contributed by atoms with Crippen molar-refractivity contribution in [1.82, 2.24) is 10.6 Å². The van der Waals surface area contributed by atoms with E-state index >= 15 is 0 Å². The van der Waals surface area contributed by atoms with Gasteiger partial charge in [0.25, 0.3) is 5.91 Å². The lowest BCUT2D eigenvalue weighted by atomic mass is 10.2. The molecule has 1 aromatic rings. The second-order valence-electron chi connectivity index (χ2n) is 2.96. The van der Waals surface area contributed by atoms with Crippen LogP contribution in [0, 0.1) is 0 Å². The number of benzene rings is 1. The molecule has 1 amide bonds. The second kappa shape index (κ2) is 7.74. The zero-order valence-electron chi connectivity index (χ0n) is 8.72. The highest BCUT2D eigenvalue weighted by Gasteiger charge is 2.11. The second-order valence-corrected chi connectivity index (χ2v) is 3.75. The molecular weight excluding hydrogens is 270 g/mol. The van der Waals surface area contributed by atoms with E-state index in [0.29, 0.717) is 28.7 Å². The van der Waals surface area contributed by atoms with Gasteiger partial charge in [-0.2, -0.15) is 0 Å². The molecule has 0 spiro atoms. The molecule has 90 valence electrons. The van der Waals surface area contributed by atoms with Crippen LogP contribution in [0.3, 0.4) is 0 Å². The normalized spacial score (nSPS) is 9.44. The monoisotopic (exact) mass is 282 g/mol. The Morgan fingerprint density at radius 2 is 2.00 bits per heavy atom.